The van der Waals surface area contributed by atoms with E-state index in [1.54, 1.807) is 0 Å². The highest BCUT2D eigenvalue weighted by Gasteiger charge is 2.20. The second-order valence-electron chi connectivity index (χ2n) is 7.18. The quantitative estimate of drug-likeness (QED) is 0.668. The number of aryl methyl sites for hydroxylation is 1. The lowest BCUT2D eigenvalue weighted by atomic mass is 10.0. The van der Waals surface area contributed by atoms with E-state index in [-0.39, 0.29) is 0 Å². The van der Waals surface area contributed by atoms with Gasteiger partial charge in [-0.05, 0) is 43.5 Å². The smallest absolute Gasteiger partial charge is 0.119 e. The summed E-state index contributed by atoms with van der Waals surface area (Å²) in [6, 6.07) is 19.2. The summed E-state index contributed by atoms with van der Waals surface area (Å²) in [7, 11) is 0. The molecule has 2 heterocycles. The molecule has 0 radical (unpaired) electrons. The first kappa shape index (κ1) is 17.8. The van der Waals surface area contributed by atoms with Crippen molar-refractivity contribution in [1.82, 2.24) is 10.3 Å². The fourth-order valence-electron chi connectivity index (χ4n) is 3.86. The molecule has 1 aliphatic rings. The summed E-state index contributed by atoms with van der Waals surface area (Å²) in [5.41, 5.74) is 3.67. The minimum Gasteiger partial charge on any atom is -0.492 e. The summed E-state index contributed by atoms with van der Waals surface area (Å²) in [5.74, 6) is 0.939. The van der Waals surface area contributed by atoms with Gasteiger partial charge in [-0.25, -0.2) is 0 Å². The van der Waals surface area contributed by atoms with Gasteiger partial charge >= 0.3 is 0 Å². The van der Waals surface area contributed by atoms with Crippen molar-refractivity contribution in [2.24, 2.45) is 0 Å². The first-order valence-electron chi connectivity index (χ1n) is 9.82. The van der Waals surface area contributed by atoms with Crippen LogP contribution in [0.5, 0.6) is 5.75 Å². The van der Waals surface area contributed by atoms with Gasteiger partial charge in [-0.2, -0.15) is 0 Å². The van der Waals surface area contributed by atoms with E-state index in [1.807, 2.05) is 36.5 Å². The molecule has 1 N–H and O–H groups in total. The summed E-state index contributed by atoms with van der Waals surface area (Å²) in [6.45, 7) is 5.87. The van der Waals surface area contributed by atoms with Crippen LogP contribution in [0.25, 0.3) is 10.9 Å². The number of benzene rings is 2. The molecule has 4 heteroatoms. The number of fused-ring (bicyclic) bond motifs is 1. The van der Waals surface area contributed by atoms with Crippen molar-refractivity contribution in [3.05, 3.63) is 66.4 Å². The monoisotopic (exact) mass is 361 g/mol. The van der Waals surface area contributed by atoms with Gasteiger partial charge < -0.3 is 15.0 Å². The van der Waals surface area contributed by atoms with Crippen LogP contribution < -0.4 is 15.0 Å². The number of aromatic nitrogens is 1. The summed E-state index contributed by atoms with van der Waals surface area (Å²) in [4.78, 5) is 7.08. The Kier molecular flexibility index (Phi) is 5.54. The predicted octanol–water partition coefficient (Wildman–Crippen LogP) is 4.18. The summed E-state index contributed by atoms with van der Waals surface area (Å²) >= 11 is 0. The molecule has 0 amide bonds. The SMILES string of the molecule is Cc1cccc2c(N3CCC(NCCOc4ccccc4)CC3)ccnc12. The average Bonchev–Trinajstić information content (AvgIpc) is 2.72. The molecule has 0 unspecified atom stereocenters. The van der Waals surface area contributed by atoms with Gasteiger partial charge in [-0.15, -0.1) is 0 Å². The molecule has 1 aromatic heterocycles. The normalized spacial score (nSPS) is 15.2. The van der Waals surface area contributed by atoms with Crippen LogP contribution in [-0.4, -0.2) is 37.3 Å². The van der Waals surface area contributed by atoms with Crippen molar-refractivity contribution in [2.45, 2.75) is 25.8 Å². The third-order valence-corrected chi connectivity index (χ3v) is 5.33. The van der Waals surface area contributed by atoms with Crippen molar-refractivity contribution < 1.29 is 4.74 Å². The van der Waals surface area contributed by atoms with Gasteiger partial charge in [0.15, 0.2) is 0 Å². The zero-order chi connectivity index (χ0) is 18.5. The van der Waals surface area contributed by atoms with E-state index in [2.05, 4.69) is 46.4 Å². The number of hydrogen-bond donors (Lipinski definition) is 1. The molecule has 3 aromatic rings. The van der Waals surface area contributed by atoms with E-state index in [9.17, 15) is 0 Å². The Bertz CT molecular complexity index is 873. The zero-order valence-electron chi connectivity index (χ0n) is 15.9. The number of hydrogen-bond acceptors (Lipinski definition) is 4. The Hall–Kier alpha value is -2.59. The fraction of sp³-hybridized carbons (Fsp3) is 0.348. The van der Waals surface area contributed by atoms with Crippen LogP contribution in [0.4, 0.5) is 5.69 Å². The Morgan fingerprint density at radius 2 is 1.85 bits per heavy atom. The van der Waals surface area contributed by atoms with Gasteiger partial charge in [-0.1, -0.05) is 36.4 Å². The summed E-state index contributed by atoms with van der Waals surface area (Å²) < 4.78 is 5.77. The number of rotatable bonds is 6. The van der Waals surface area contributed by atoms with Crippen molar-refractivity contribution >= 4 is 16.6 Å². The second kappa shape index (κ2) is 8.40. The first-order chi connectivity index (χ1) is 13.3. The van der Waals surface area contributed by atoms with Crippen molar-refractivity contribution in [3.63, 3.8) is 0 Å². The molecule has 140 valence electrons. The number of nitrogens with one attached hydrogen (secondary N) is 1. The molecule has 0 aliphatic carbocycles. The molecule has 0 spiro atoms. The topological polar surface area (TPSA) is 37.4 Å². The number of pyridine rings is 1. The largest absolute Gasteiger partial charge is 0.492 e. The van der Waals surface area contributed by atoms with E-state index in [4.69, 9.17) is 4.74 Å². The first-order valence-corrected chi connectivity index (χ1v) is 9.82. The van der Waals surface area contributed by atoms with E-state index in [1.165, 1.54) is 16.6 Å². The van der Waals surface area contributed by atoms with E-state index in [0.29, 0.717) is 12.6 Å². The van der Waals surface area contributed by atoms with Gasteiger partial charge in [-0.3, -0.25) is 4.98 Å². The van der Waals surface area contributed by atoms with Crippen LogP contribution in [0.15, 0.2) is 60.8 Å². The molecule has 4 nitrogen and oxygen atoms in total. The minimum atomic E-state index is 0.565. The average molecular weight is 361 g/mol. The van der Waals surface area contributed by atoms with Gasteiger partial charge in [0.25, 0.3) is 0 Å². The molecule has 1 fully saturated rings. The van der Waals surface area contributed by atoms with Gasteiger partial charge in [0.05, 0.1) is 5.52 Å². The maximum Gasteiger partial charge on any atom is 0.119 e. The molecule has 1 aliphatic heterocycles. The minimum absolute atomic E-state index is 0.565. The molecular weight excluding hydrogens is 334 g/mol. The molecule has 27 heavy (non-hydrogen) atoms. The van der Waals surface area contributed by atoms with Crippen LogP contribution in [0, 0.1) is 6.92 Å². The maximum absolute atomic E-state index is 5.77. The molecule has 2 aromatic carbocycles. The number of anilines is 1. The van der Waals surface area contributed by atoms with Gasteiger partial charge in [0, 0.05) is 42.9 Å². The zero-order valence-corrected chi connectivity index (χ0v) is 15.9. The highest BCUT2D eigenvalue weighted by atomic mass is 16.5. The number of nitrogens with zero attached hydrogens (tertiary/aromatic N) is 2. The molecule has 0 bridgehead atoms. The van der Waals surface area contributed by atoms with Gasteiger partial charge in [0.2, 0.25) is 0 Å². The second-order valence-corrected chi connectivity index (χ2v) is 7.18. The highest BCUT2D eigenvalue weighted by molar-refractivity contribution is 5.93. The maximum atomic E-state index is 5.77. The third-order valence-electron chi connectivity index (χ3n) is 5.33. The van der Waals surface area contributed by atoms with E-state index >= 15 is 0 Å². The number of para-hydroxylation sites is 2. The van der Waals surface area contributed by atoms with Gasteiger partial charge in [0.1, 0.15) is 12.4 Å². The van der Waals surface area contributed by atoms with Crippen molar-refractivity contribution in [3.8, 4) is 5.75 Å². The standard InChI is InChI=1S/C23H27N3O/c1-18-6-5-9-21-22(10-13-25-23(18)21)26-15-11-19(12-16-26)24-14-17-27-20-7-3-2-4-8-20/h2-10,13,19,24H,11-12,14-17H2,1H3. The van der Waals surface area contributed by atoms with Crippen molar-refractivity contribution in [2.75, 3.05) is 31.1 Å². The van der Waals surface area contributed by atoms with Crippen LogP contribution in [0.1, 0.15) is 18.4 Å². The molecule has 0 saturated carbocycles. The van der Waals surface area contributed by atoms with E-state index < -0.39 is 0 Å². The highest BCUT2D eigenvalue weighted by Crippen LogP contribution is 2.29. The lowest BCUT2D eigenvalue weighted by Crippen LogP contribution is -2.43. The van der Waals surface area contributed by atoms with Crippen LogP contribution in [-0.2, 0) is 0 Å². The molecular formula is C23H27N3O. The molecule has 4 rings (SSSR count). The third kappa shape index (κ3) is 4.22. The van der Waals surface area contributed by atoms with Crippen molar-refractivity contribution in [1.29, 1.82) is 0 Å². The summed E-state index contributed by atoms with van der Waals surface area (Å²) in [5, 5.41) is 4.91. The van der Waals surface area contributed by atoms with Crippen LogP contribution in [0.3, 0.4) is 0 Å². The molecule has 0 atom stereocenters. The Balaban J connectivity index is 1.29. The Labute approximate surface area is 161 Å². The van der Waals surface area contributed by atoms with E-state index in [0.717, 1.165) is 43.7 Å². The Morgan fingerprint density at radius 1 is 1.04 bits per heavy atom. The molecule has 1 saturated heterocycles. The lowest BCUT2D eigenvalue weighted by Gasteiger charge is -2.34. The number of ether oxygens (including phenoxy) is 1. The summed E-state index contributed by atoms with van der Waals surface area (Å²) in [6.07, 6.45) is 4.25. The van der Waals surface area contributed by atoms with Crippen LogP contribution >= 0.6 is 0 Å². The lowest BCUT2D eigenvalue weighted by molar-refractivity contribution is 0.296. The fourth-order valence-corrected chi connectivity index (χ4v) is 3.86. The number of piperidine rings is 1. The van der Waals surface area contributed by atoms with Crippen LogP contribution in [0.2, 0.25) is 0 Å². The Morgan fingerprint density at radius 3 is 2.67 bits per heavy atom. The predicted molar refractivity (Wildman–Crippen MR) is 112 cm³/mol.